The second-order valence-corrected chi connectivity index (χ2v) is 15.3. The molecule has 11 rings (SSSR count). The number of rotatable bonds is 3. The molecule has 1 aliphatic rings. The first-order valence-electron chi connectivity index (χ1n) is 17.3. The quantitative estimate of drug-likeness (QED) is 0.194. The molecule has 51 heavy (non-hydrogen) atoms. The van der Waals surface area contributed by atoms with Crippen LogP contribution in [0.5, 0.6) is 0 Å². The van der Waals surface area contributed by atoms with E-state index in [9.17, 15) is 0 Å². The number of nitrogens with one attached hydrogen (secondary N) is 2. The van der Waals surface area contributed by atoms with Gasteiger partial charge < -0.3 is 5.32 Å². The first-order chi connectivity index (χ1) is 25.3. The predicted octanol–water partition coefficient (Wildman–Crippen LogP) is 12.0. The van der Waals surface area contributed by atoms with E-state index < -0.39 is 0 Å². The van der Waals surface area contributed by atoms with Crippen molar-refractivity contribution in [2.24, 2.45) is 4.99 Å². The average molecular weight is 691 g/mol. The standard InChI is InChI=1S/C45H30N4S2/c1-3-12-27(13-4-1)29-22-23-31-30-16-7-9-19-36(30)49(37(31)26-29)45-47-43(28-14-5-2-6-15-28)46-44(48-45)35-18-11-21-39-40(35)34-25-24-33-32-17-8-10-20-38(32)50-41(33)42(34)51-39/h1-26,43-44,46H,(H,47,48). The normalized spacial score (nSPS) is 16.4. The van der Waals surface area contributed by atoms with Crippen molar-refractivity contribution in [3.05, 3.63) is 169 Å². The third kappa shape index (κ3) is 4.51. The van der Waals surface area contributed by atoms with Crippen LogP contribution in [0.4, 0.5) is 0 Å². The minimum atomic E-state index is -0.254. The fraction of sp³-hybridized carbons (Fsp3) is 0.0444. The molecule has 4 nitrogen and oxygen atoms in total. The van der Waals surface area contributed by atoms with Crippen molar-refractivity contribution in [1.82, 2.24) is 15.2 Å². The lowest BCUT2D eigenvalue weighted by Gasteiger charge is -2.33. The first-order valence-corrected chi connectivity index (χ1v) is 18.9. The lowest BCUT2D eigenvalue weighted by atomic mass is 10.0. The molecular formula is C45H30N4S2. The van der Waals surface area contributed by atoms with Crippen LogP contribution in [-0.2, 0) is 0 Å². The zero-order valence-corrected chi connectivity index (χ0v) is 29.0. The number of aromatic nitrogens is 1. The predicted molar refractivity (Wildman–Crippen MR) is 218 cm³/mol. The van der Waals surface area contributed by atoms with Crippen LogP contribution >= 0.6 is 22.7 Å². The Bertz CT molecular complexity index is 2990. The molecule has 242 valence electrons. The zero-order valence-electron chi connectivity index (χ0n) is 27.4. The second-order valence-electron chi connectivity index (χ2n) is 13.2. The zero-order chi connectivity index (χ0) is 33.5. The van der Waals surface area contributed by atoms with Crippen LogP contribution in [0.25, 0.3) is 73.3 Å². The minimum absolute atomic E-state index is 0.198. The summed E-state index contributed by atoms with van der Waals surface area (Å²) in [4.78, 5) is 5.43. The van der Waals surface area contributed by atoms with E-state index in [0.29, 0.717) is 0 Å². The van der Waals surface area contributed by atoms with Gasteiger partial charge in [-0.05, 0) is 46.5 Å². The number of thiophene rings is 2. The SMILES string of the molecule is c1ccc(-c2ccc3c4ccccc4n(C4=NC(c5ccccc5)NC(c5cccc6sc7c(ccc8c9ccccc9sc87)c56)N4)c3c2)cc1. The minimum Gasteiger partial charge on any atom is -0.336 e. The molecule has 0 saturated carbocycles. The maximum absolute atomic E-state index is 5.43. The highest BCUT2D eigenvalue weighted by Gasteiger charge is 2.29. The van der Waals surface area contributed by atoms with E-state index in [0.717, 1.165) is 22.6 Å². The highest BCUT2D eigenvalue weighted by Crippen LogP contribution is 2.46. The summed E-state index contributed by atoms with van der Waals surface area (Å²) in [5.41, 5.74) is 6.98. The molecule has 3 aromatic heterocycles. The fourth-order valence-electron chi connectivity index (χ4n) is 7.96. The molecule has 2 unspecified atom stereocenters. The number of nitrogens with zero attached hydrogens (tertiary/aromatic N) is 2. The highest BCUT2D eigenvalue weighted by molar-refractivity contribution is 7.33. The number of fused-ring (bicyclic) bond motifs is 10. The smallest absolute Gasteiger partial charge is 0.206 e. The average Bonchev–Trinajstić information content (AvgIpc) is 3.88. The molecule has 0 bridgehead atoms. The van der Waals surface area contributed by atoms with Crippen LogP contribution in [0, 0.1) is 0 Å². The Morgan fingerprint density at radius 1 is 0.510 bits per heavy atom. The molecule has 0 amide bonds. The molecule has 1 aliphatic heterocycles. The van der Waals surface area contributed by atoms with E-state index in [4.69, 9.17) is 4.99 Å². The lowest BCUT2D eigenvalue weighted by Crippen LogP contribution is -2.47. The maximum Gasteiger partial charge on any atom is 0.206 e. The summed E-state index contributed by atoms with van der Waals surface area (Å²) in [6, 6.07) is 56.9. The molecule has 0 radical (unpaired) electrons. The van der Waals surface area contributed by atoms with Crippen molar-refractivity contribution in [3.8, 4) is 11.1 Å². The van der Waals surface area contributed by atoms with Gasteiger partial charge in [-0.1, -0.05) is 133 Å². The van der Waals surface area contributed by atoms with Gasteiger partial charge in [0.05, 0.1) is 20.4 Å². The molecule has 7 aromatic carbocycles. The summed E-state index contributed by atoms with van der Waals surface area (Å²) in [6.45, 7) is 0. The molecule has 2 atom stereocenters. The molecule has 6 heteroatoms. The monoisotopic (exact) mass is 690 g/mol. The Labute approximate surface area is 301 Å². The third-order valence-corrected chi connectivity index (χ3v) is 12.8. The van der Waals surface area contributed by atoms with Crippen molar-refractivity contribution in [2.45, 2.75) is 12.3 Å². The van der Waals surface area contributed by atoms with Gasteiger partial charge in [-0.25, -0.2) is 4.99 Å². The summed E-state index contributed by atoms with van der Waals surface area (Å²) in [5, 5.41) is 15.5. The van der Waals surface area contributed by atoms with Crippen molar-refractivity contribution in [1.29, 1.82) is 0 Å². The van der Waals surface area contributed by atoms with Gasteiger partial charge in [0.15, 0.2) is 0 Å². The van der Waals surface area contributed by atoms with Gasteiger partial charge in [-0.3, -0.25) is 9.88 Å². The van der Waals surface area contributed by atoms with Crippen LogP contribution in [0.3, 0.4) is 0 Å². The molecule has 2 N–H and O–H groups in total. The van der Waals surface area contributed by atoms with Gasteiger partial charge in [0.2, 0.25) is 5.96 Å². The molecule has 10 aromatic rings. The summed E-state index contributed by atoms with van der Waals surface area (Å²) in [6.07, 6.45) is -0.453. The second kappa shape index (κ2) is 11.4. The Morgan fingerprint density at radius 2 is 1.18 bits per heavy atom. The summed E-state index contributed by atoms with van der Waals surface area (Å²) >= 11 is 3.81. The van der Waals surface area contributed by atoms with E-state index in [1.807, 2.05) is 22.7 Å². The van der Waals surface area contributed by atoms with Gasteiger partial charge in [0, 0.05) is 41.7 Å². The molecule has 0 spiro atoms. The Balaban J connectivity index is 1.13. The molecule has 0 saturated heterocycles. The fourth-order valence-corrected chi connectivity index (χ4v) is 10.5. The van der Waals surface area contributed by atoms with Gasteiger partial charge >= 0.3 is 0 Å². The van der Waals surface area contributed by atoms with E-state index >= 15 is 0 Å². The van der Waals surface area contributed by atoms with Gasteiger partial charge in [0.1, 0.15) is 12.3 Å². The van der Waals surface area contributed by atoms with Crippen LogP contribution in [0.15, 0.2) is 163 Å². The van der Waals surface area contributed by atoms with E-state index in [1.54, 1.807) is 0 Å². The number of hydrogen-bond acceptors (Lipinski definition) is 5. The summed E-state index contributed by atoms with van der Waals surface area (Å²) in [5.74, 6) is 0.826. The van der Waals surface area contributed by atoms with Crippen molar-refractivity contribution in [3.63, 3.8) is 0 Å². The van der Waals surface area contributed by atoms with Gasteiger partial charge in [0.25, 0.3) is 0 Å². The number of hydrogen-bond donors (Lipinski definition) is 2. The molecule has 4 heterocycles. The Kier molecular flexibility index (Phi) is 6.46. The summed E-state index contributed by atoms with van der Waals surface area (Å²) < 4.78 is 7.68. The van der Waals surface area contributed by atoms with Crippen molar-refractivity contribution in [2.75, 3.05) is 0 Å². The van der Waals surface area contributed by atoms with Gasteiger partial charge in [-0.15, -0.1) is 22.7 Å². The third-order valence-electron chi connectivity index (χ3n) is 10.3. The number of para-hydroxylation sites is 1. The molecule has 0 aliphatic carbocycles. The molecule has 0 fully saturated rings. The Hall–Kier alpha value is -5.79. The van der Waals surface area contributed by atoms with Crippen molar-refractivity contribution < 1.29 is 0 Å². The van der Waals surface area contributed by atoms with Crippen LogP contribution in [0.2, 0.25) is 0 Å². The van der Waals surface area contributed by atoms with E-state index in [1.165, 1.54) is 67.8 Å². The van der Waals surface area contributed by atoms with Crippen molar-refractivity contribution >= 4 is 90.8 Å². The van der Waals surface area contributed by atoms with Crippen LogP contribution < -0.4 is 10.6 Å². The van der Waals surface area contributed by atoms with Gasteiger partial charge in [-0.2, -0.15) is 0 Å². The maximum atomic E-state index is 5.43. The summed E-state index contributed by atoms with van der Waals surface area (Å²) in [7, 11) is 0. The van der Waals surface area contributed by atoms with E-state index in [-0.39, 0.29) is 12.3 Å². The Morgan fingerprint density at radius 3 is 2.06 bits per heavy atom. The lowest BCUT2D eigenvalue weighted by molar-refractivity contribution is 0.405. The molecular weight excluding hydrogens is 661 g/mol. The van der Waals surface area contributed by atoms with Crippen LogP contribution in [-0.4, -0.2) is 10.5 Å². The highest BCUT2D eigenvalue weighted by atomic mass is 32.1. The number of benzene rings is 7. The topological polar surface area (TPSA) is 41.4 Å². The van der Waals surface area contributed by atoms with Crippen LogP contribution in [0.1, 0.15) is 23.5 Å². The van der Waals surface area contributed by atoms with E-state index in [2.05, 4.69) is 173 Å². The number of aliphatic imine (C=N–C) groups is 1. The first kappa shape index (κ1) is 29.0. The largest absolute Gasteiger partial charge is 0.336 e.